The van der Waals surface area contributed by atoms with Crippen molar-refractivity contribution in [3.05, 3.63) is 24.0 Å². The van der Waals surface area contributed by atoms with E-state index in [4.69, 9.17) is 4.74 Å². The molecule has 1 aromatic rings. The average Bonchev–Trinajstić information content (AvgIpc) is 2.95. The fourth-order valence-electron chi connectivity index (χ4n) is 3.84. The third kappa shape index (κ3) is 3.50. The normalized spacial score (nSPS) is 24.2. The number of piperidine rings is 1. The van der Waals surface area contributed by atoms with Crippen molar-refractivity contribution >= 4 is 15.9 Å². The number of rotatable bonds is 3. The van der Waals surface area contributed by atoms with E-state index in [2.05, 4.69) is 4.72 Å². The number of ether oxygens (including phenoxy) is 1. The number of amides is 1. The van der Waals surface area contributed by atoms with E-state index in [-0.39, 0.29) is 17.4 Å². The van der Waals surface area contributed by atoms with Gasteiger partial charge in [-0.3, -0.25) is 4.79 Å². The third-order valence-corrected chi connectivity index (χ3v) is 6.05. The lowest BCUT2D eigenvalue weighted by atomic mass is 9.69. The number of carbonyl (C=O) groups excluding carboxylic acids is 1. The summed E-state index contributed by atoms with van der Waals surface area (Å²) in [6.07, 6.45) is 5.46. The minimum Gasteiger partial charge on any atom is -0.380 e. The zero-order valence-corrected chi connectivity index (χ0v) is 15.0. The van der Waals surface area contributed by atoms with Gasteiger partial charge in [0.2, 0.25) is 10.0 Å². The third-order valence-electron chi connectivity index (χ3n) is 5.33. The molecule has 1 atom stereocenters. The molecular formula is C16H25N3O4S. The van der Waals surface area contributed by atoms with Crippen LogP contribution in [-0.2, 0) is 21.8 Å². The predicted octanol–water partition coefficient (Wildman–Crippen LogP) is 0.586. The molecule has 1 amide bonds. The Bertz CT molecular complexity index is 705. The van der Waals surface area contributed by atoms with Gasteiger partial charge >= 0.3 is 0 Å². The highest BCUT2D eigenvalue weighted by Gasteiger charge is 2.45. The molecule has 0 saturated carbocycles. The number of hydrogen-bond acceptors (Lipinski definition) is 4. The van der Waals surface area contributed by atoms with Crippen molar-refractivity contribution in [2.45, 2.75) is 25.3 Å². The molecular weight excluding hydrogens is 330 g/mol. The molecule has 3 heterocycles. The molecule has 0 radical (unpaired) electrons. The number of aryl methyl sites for hydroxylation is 1. The fourth-order valence-corrected chi connectivity index (χ4v) is 4.68. The van der Waals surface area contributed by atoms with Crippen LogP contribution >= 0.6 is 0 Å². The molecule has 8 heteroatoms. The Morgan fingerprint density at radius 2 is 2.04 bits per heavy atom. The van der Waals surface area contributed by atoms with Crippen LogP contribution in [0.5, 0.6) is 0 Å². The zero-order valence-electron chi connectivity index (χ0n) is 14.2. The highest BCUT2D eigenvalue weighted by molar-refractivity contribution is 7.88. The molecule has 2 aliphatic rings. The Labute approximate surface area is 143 Å². The number of carbonyl (C=O) groups is 1. The lowest BCUT2D eigenvalue weighted by molar-refractivity contribution is -0.0401. The molecule has 0 bridgehead atoms. The Kier molecular flexibility index (Phi) is 4.72. The van der Waals surface area contributed by atoms with E-state index in [9.17, 15) is 13.2 Å². The van der Waals surface area contributed by atoms with E-state index in [0.29, 0.717) is 32.0 Å². The van der Waals surface area contributed by atoms with E-state index < -0.39 is 10.0 Å². The number of aromatic nitrogens is 1. The first-order chi connectivity index (χ1) is 11.3. The number of sulfonamides is 1. The minimum atomic E-state index is -3.28. The van der Waals surface area contributed by atoms with Gasteiger partial charge in [-0.1, -0.05) is 0 Å². The molecule has 1 aromatic heterocycles. The monoisotopic (exact) mass is 355 g/mol. The fraction of sp³-hybridized carbons (Fsp3) is 0.688. The van der Waals surface area contributed by atoms with Crippen molar-refractivity contribution in [3.8, 4) is 0 Å². The molecule has 7 nitrogen and oxygen atoms in total. The van der Waals surface area contributed by atoms with Crippen molar-refractivity contribution in [1.29, 1.82) is 0 Å². The van der Waals surface area contributed by atoms with Gasteiger partial charge in [-0.15, -0.1) is 0 Å². The molecule has 134 valence electrons. The van der Waals surface area contributed by atoms with E-state index in [1.807, 2.05) is 34.8 Å². The van der Waals surface area contributed by atoms with E-state index in [0.717, 1.165) is 19.3 Å². The molecule has 0 unspecified atom stereocenters. The van der Waals surface area contributed by atoms with Crippen LogP contribution in [0.2, 0.25) is 0 Å². The Hall–Kier alpha value is -1.38. The van der Waals surface area contributed by atoms with Crippen LogP contribution in [0.1, 0.15) is 29.8 Å². The summed E-state index contributed by atoms with van der Waals surface area (Å²) >= 11 is 0. The summed E-state index contributed by atoms with van der Waals surface area (Å²) in [4.78, 5) is 14.5. The standard InChI is InChI=1S/C16H25N3O4S/c1-18-8-3-4-13(18)15(20)19-9-5-16(6-10-19)7-11-23-12-14(16)17-24(2,21)22/h3-4,8,14,17H,5-7,9-12H2,1-2H3/t14-/m0/s1. The van der Waals surface area contributed by atoms with Gasteiger partial charge in [0, 0.05) is 32.9 Å². The number of nitrogens with zero attached hydrogens (tertiary/aromatic N) is 2. The van der Waals surface area contributed by atoms with Crippen LogP contribution < -0.4 is 4.72 Å². The van der Waals surface area contributed by atoms with Gasteiger partial charge in [0.05, 0.1) is 18.9 Å². The summed E-state index contributed by atoms with van der Waals surface area (Å²) in [5.74, 6) is 0.0389. The van der Waals surface area contributed by atoms with E-state index in [1.165, 1.54) is 6.26 Å². The summed E-state index contributed by atoms with van der Waals surface area (Å²) < 4.78 is 33.4. The van der Waals surface area contributed by atoms with Gasteiger partial charge in [-0.05, 0) is 36.8 Å². The van der Waals surface area contributed by atoms with Gasteiger partial charge in [0.1, 0.15) is 5.69 Å². The first-order valence-electron chi connectivity index (χ1n) is 8.26. The number of hydrogen-bond donors (Lipinski definition) is 1. The van der Waals surface area contributed by atoms with Gasteiger partial charge in [0.15, 0.2) is 0 Å². The van der Waals surface area contributed by atoms with E-state index in [1.54, 1.807) is 0 Å². The Balaban J connectivity index is 1.70. The van der Waals surface area contributed by atoms with Crippen LogP contribution in [0.25, 0.3) is 0 Å². The van der Waals surface area contributed by atoms with Gasteiger partial charge in [-0.2, -0.15) is 0 Å². The molecule has 0 aromatic carbocycles. The largest absolute Gasteiger partial charge is 0.380 e. The highest BCUT2D eigenvalue weighted by atomic mass is 32.2. The first-order valence-corrected chi connectivity index (χ1v) is 10.2. The number of likely N-dealkylation sites (tertiary alicyclic amines) is 1. The van der Waals surface area contributed by atoms with Crippen molar-refractivity contribution in [2.75, 3.05) is 32.6 Å². The second-order valence-corrected chi connectivity index (χ2v) is 8.71. The quantitative estimate of drug-likeness (QED) is 0.860. The molecule has 2 saturated heterocycles. The Morgan fingerprint density at radius 1 is 1.33 bits per heavy atom. The maximum Gasteiger partial charge on any atom is 0.270 e. The summed E-state index contributed by atoms with van der Waals surface area (Å²) in [5.41, 5.74) is 0.565. The maximum absolute atomic E-state index is 12.6. The lowest BCUT2D eigenvalue weighted by Crippen LogP contribution is -2.57. The van der Waals surface area contributed by atoms with Crippen molar-refractivity contribution in [2.24, 2.45) is 12.5 Å². The smallest absolute Gasteiger partial charge is 0.270 e. The summed E-state index contributed by atoms with van der Waals surface area (Å²) in [6, 6.07) is 3.48. The van der Waals surface area contributed by atoms with Crippen LogP contribution in [0.4, 0.5) is 0 Å². The summed E-state index contributed by atoms with van der Waals surface area (Å²) in [6.45, 7) is 2.34. The van der Waals surface area contributed by atoms with Gasteiger partial charge in [0.25, 0.3) is 5.91 Å². The molecule has 0 aliphatic carbocycles. The molecule has 2 fully saturated rings. The predicted molar refractivity (Wildman–Crippen MR) is 90.2 cm³/mol. The average molecular weight is 355 g/mol. The van der Waals surface area contributed by atoms with Crippen LogP contribution in [-0.4, -0.2) is 62.4 Å². The maximum atomic E-state index is 12.6. The highest BCUT2D eigenvalue weighted by Crippen LogP contribution is 2.41. The molecule has 2 aliphatic heterocycles. The van der Waals surface area contributed by atoms with Gasteiger partial charge in [-0.25, -0.2) is 13.1 Å². The molecule has 3 rings (SSSR count). The van der Waals surface area contributed by atoms with Crippen LogP contribution in [0.15, 0.2) is 18.3 Å². The van der Waals surface area contributed by atoms with Crippen LogP contribution in [0.3, 0.4) is 0 Å². The van der Waals surface area contributed by atoms with Crippen LogP contribution in [0, 0.1) is 5.41 Å². The SMILES string of the molecule is Cn1cccc1C(=O)N1CCC2(CCOC[C@@H]2NS(C)(=O)=O)CC1. The summed E-state index contributed by atoms with van der Waals surface area (Å²) in [5, 5.41) is 0. The Morgan fingerprint density at radius 3 is 2.62 bits per heavy atom. The summed E-state index contributed by atoms with van der Waals surface area (Å²) in [7, 11) is -1.42. The first kappa shape index (κ1) is 17.4. The second kappa shape index (κ2) is 6.50. The lowest BCUT2D eigenvalue weighted by Gasteiger charge is -2.48. The second-order valence-electron chi connectivity index (χ2n) is 6.93. The van der Waals surface area contributed by atoms with Crippen molar-refractivity contribution in [3.63, 3.8) is 0 Å². The molecule has 24 heavy (non-hydrogen) atoms. The molecule has 1 N–H and O–H groups in total. The van der Waals surface area contributed by atoms with Crippen molar-refractivity contribution < 1.29 is 17.9 Å². The van der Waals surface area contributed by atoms with E-state index >= 15 is 0 Å². The number of nitrogens with one attached hydrogen (secondary N) is 1. The zero-order chi connectivity index (χ0) is 17.4. The van der Waals surface area contributed by atoms with Gasteiger partial charge < -0.3 is 14.2 Å². The van der Waals surface area contributed by atoms with Crippen molar-refractivity contribution in [1.82, 2.24) is 14.2 Å². The molecule has 1 spiro atoms. The minimum absolute atomic E-state index is 0.0389. The topological polar surface area (TPSA) is 80.6 Å².